The van der Waals surface area contributed by atoms with Crippen molar-refractivity contribution in [2.45, 2.75) is 6.92 Å². The van der Waals surface area contributed by atoms with Gasteiger partial charge in [-0.1, -0.05) is 42.5 Å². The van der Waals surface area contributed by atoms with E-state index >= 15 is 0 Å². The average Bonchev–Trinajstić information content (AvgIpc) is 2.69. The number of benzene rings is 3. The molecule has 0 unspecified atom stereocenters. The second-order valence-corrected chi connectivity index (χ2v) is 6.72. The summed E-state index contributed by atoms with van der Waals surface area (Å²) < 4.78 is 11.6. The fourth-order valence-electron chi connectivity index (χ4n) is 2.51. The van der Waals surface area contributed by atoms with Gasteiger partial charge in [0.1, 0.15) is 11.5 Å². The summed E-state index contributed by atoms with van der Waals surface area (Å²) in [6.45, 7) is 1.58. The maximum Gasteiger partial charge on any atom is 0.349 e. The quantitative estimate of drug-likeness (QED) is 0.318. The molecule has 0 fully saturated rings. The zero-order valence-electron chi connectivity index (χ0n) is 14.6. The summed E-state index contributed by atoms with van der Waals surface area (Å²) in [5, 5.41) is 0. The van der Waals surface area contributed by atoms with Gasteiger partial charge in [0.2, 0.25) is 0 Å². The van der Waals surface area contributed by atoms with Crippen molar-refractivity contribution in [1.29, 1.82) is 0 Å². The van der Waals surface area contributed by atoms with Crippen molar-refractivity contribution in [3.8, 4) is 11.5 Å². The summed E-state index contributed by atoms with van der Waals surface area (Å²) >= 11 is 3.36. The van der Waals surface area contributed by atoms with Gasteiger partial charge in [0.05, 0.1) is 4.47 Å². The molecule has 0 atom stereocenters. The molecular weight excluding hydrogens is 408 g/mol. The van der Waals surface area contributed by atoms with Crippen LogP contribution in [0, 0.1) is 6.92 Å². The van der Waals surface area contributed by atoms with Crippen molar-refractivity contribution in [3.05, 3.63) is 94.0 Å². The molecule has 0 aromatic heterocycles. The van der Waals surface area contributed by atoms with Crippen molar-refractivity contribution in [3.63, 3.8) is 0 Å². The first-order chi connectivity index (χ1) is 13.0. The zero-order valence-corrected chi connectivity index (χ0v) is 16.2. The molecule has 0 bridgehead atoms. The van der Waals surface area contributed by atoms with Crippen molar-refractivity contribution in [2.24, 2.45) is 0 Å². The van der Waals surface area contributed by atoms with Gasteiger partial charge in [-0.05, 0) is 58.7 Å². The van der Waals surface area contributed by atoms with E-state index in [4.69, 9.17) is 9.47 Å². The van der Waals surface area contributed by atoms with Crippen LogP contribution < -0.4 is 9.47 Å². The van der Waals surface area contributed by atoms with Crippen molar-refractivity contribution >= 4 is 27.7 Å². The standard InChI is InChI=1S/C22H17BrO4/c1-15-13-17(22(25)16-7-3-2-4-8-16)11-12-19(15)27-21(24)14-26-20-10-6-5-9-18(20)23/h2-13H,14H2,1H3. The lowest BCUT2D eigenvalue weighted by atomic mass is 10.0. The van der Waals surface area contributed by atoms with E-state index in [9.17, 15) is 9.59 Å². The first-order valence-electron chi connectivity index (χ1n) is 8.33. The van der Waals surface area contributed by atoms with Crippen LogP contribution in [0.5, 0.6) is 11.5 Å². The largest absolute Gasteiger partial charge is 0.481 e. The van der Waals surface area contributed by atoms with Gasteiger partial charge in [-0.15, -0.1) is 0 Å². The number of halogens is 1. The number of rotatable bonds is 6. The minimum Gasteiger partial charge on any atom is -0.481 e. The Kier molecular flexibility index (Phi) is 6.04. The SMILES string of the molecule is Cc1cc(C(=O)c2ccccc2)ccc1OC(=O)COc1ccccc1Br. The normalized spacial score (nSPS) is 10.3. The van der Waals surface area contributed by atoms with E-state index in [0.717, 1.165) is 4.47 Å². The number of carbonyl (C=O) groups excluding carboxylic acids is 2. The monoisotopic (exact) mass is 424 g/mol. The molecule has 0 radical (unpaired) electrons. The number of carbonyl (C=O) groups is 2. The maximum absolute atomic E-state index is 12.5. The predicted molar refractivity (Wildman–Crippen MR) is 106 cm³/mol. The molecule has 0 N–H and O–H groups in total. The minimum atomic E-state index is -0.518. The molecule has 0 spiro atoms. The third kappa shape index (κ3) is 4.83. The molecule has 27 heavy (non-hydrogen) atoms. The first-order valence-corrected chi connectivity index (χ1v) is 9.12. The van der Waals surface area contributed by atoms with E-state index in [0.29, 0.717) is 28.2 Å². The topological polar surface area (TPSA) is 52.6 Å². The van der Waals surface area contributed by atoms with Crippen LogP contribution in [-0.2, 0) is 4.79 Å². The Labute approximate surface area is 165 Å². The fraction of sp³-hybridized carbons (Fsp3) is 0.0909. The molecule has 0 heterocycles. The molecular formula is C22H17BrO4. The molecule has 3 aromatic carbocycles. The van der Waals surface area contributed by atoms with Crippen molar-refractivity contribution in [2.75, 3.05) is 6.61 Å². The number of hydrogen-bond donors (Lipinski definition) is 0. The highest BCUT2D eigenvalue weighted by Crippen LogP contribution is 2.24. The highest BCUT2D eigenvalue weighted by Gasteiger charge is 2.13. The van der Waals surface area contributed by atoms with Gasteiger partial charge in [-0.3, -0.25) is 4.79 Å². The van der Waals surface area contributed by atoms with E-state index in [1.54, 1.807) is 43.3 Å². The van der Waals surface area contributed by atoms with Crippen LogP contribution in [0.25, 0.3) is 0 Å². The number of ketones is 1. The molecule has 4 nitrogen and oxygen atoms in total. The molecule has 0 saturated carbocycles. The molecule has 136 valence electrons. The minimum absolute atomic E-state index is 0.0752. The molecule has 0 aliphatic carbocycles. The number of para-hydroxylation sites is 1. The molecule has 3 rings (SSSR count). The van der Waals surface area contributed by atoms with Crippen molar-refractivity contribution < 1.29 is 19.1 Å². The summed E-state index contributed by atoms with van der Waals surface area (Å²) in [5.41, 5.74) is 1.86. The number of hydrogen-bond acceptors (Lipinski definition) is 4. The van der Waals surface area contributed by atoms with Crippen LogP contribution >= 0.6 is 15.9 Å². The number of esters is 1. The summed E-state index contributed by atoms with van der Waals surface area (Å²) in [6.07, 6.45) is 0. The Hall–Kier alpha value is -2.92. The second kappa shape index (κ2) is 8.64. The molecule has 5 heteroatoms. The first kappa shape index (κ1) is 18.9. The van der Waals surface area contributed by atoms with Crippen LogP contribution in [0.3, 0.4) is 0 Å². The van der Waals surface area contributed by atoms with E-state index in [1.807, 2.05) is 36.4 Å². The van der Waals surface area contributed by atoms with Crippen LogP contribution in [0.2, 0.25) is 0 Å². The Morgan fingerprint density at radius 2 is 1.56 bits per heavy atom. The van der Waals surface area contributed by atoms with Crippen LogP contribution in [0.15, 0.2) is 77.3 Å². The highest BCUT2D eigenvalue weighted by molar-refractivity contribution is 9.10. The van der Waals surface area contributed by atoms with Crippen LogP contribution in [-0.4, -0.2) is 18.4 Å². The predicted octanol–water partition coefficient (Wildman–Crippen LogP) is 4.97. The summed E-state index contributed by atoms with van der Waals surface area (Å²) in [7, 11) is 0. The van der Waals surface area contributed by atoms with E-state index < -0.39 is 5.97 Å². The Morgan fingerprint density at radius 3 is 2.26 bits per heavy atom. The Bertz CT molecular complexity index is 967. The van der Waals surface area contributed by atoms with E-state index in [1.165, 1.54) is 0 Å². The number of aryl methyl sites for hydroxylation is 1. The molecule has 0 amide bonds. The van der Waals surface area contributed by atoms with E-state index in [-0.39, 0.29) is 12.4 Å². The number of ether oxygens (including phenoxy) is 2. The zero-order chi connectivity index (χ0) is 19.2. The van der Waals surface area contributed by atoms with Gasteiger partial charge in [-0.2, -0.15) is 0 Å². The van der Waals surface area contributed by atoms with Gasteiger partial charge in [-0.25, -0.2) is 4.79 Å². The Morgan fingerprint density at radius 1 is 0.852 bits per heavy atom. The summed E-state index contributed by atoms with van der Waals surface area (Å²) in [5.74, 6) is 0.375. The average molecular weight is 425 g/mol. The van der Waals surface area contributed by atoms with Gasteiger partial charge < -0.3 is 9.47 Å². The van der Waals surface area contributed by atoms with Crippen molar-refractivity contribution in [1.82, 2.24) is 0 Å². The smallest absolute Gasteiger partial charge is 0.349 e. The van der Waals surface area contributed by atoms with Crippen LogP contribution in [0.4, 0.5) is 0 Å². The summed E-state index contributed by atoms with van der Waals surface area (Å²) in [4.78, 5) is 24.6. The molecule has 0 aliphatic heterocycles. The van der Waals surface area contributed by atoms with Gasteiger partial charge in [0.15, 0.2) is 12.4 Å². The lowest BCUT2D eigenvalue weighted by Crippen LogP contribution is -2.18. The third-order valence-electron chi connectivity index (χ3n) is 3.88. The fourth-order valence-corrected chi connectivity index (χ4v) is 2.91. The lowest BCUT2D eigenvalue weighted by Gasteiger charge is -2.10. The van der Waals surface area contributed by atoms with Gasteiger partial charge >= 0.3 is 5.97 Å². The van der Waals surface area contributed by atoms with Crippen LogP contribution in [0.1, 0.15) is 21.5 Å². The maximum atomic E-state index is 12.5. The second-order valence-electron chi connectivity index (χ2n) is 5.87. The van der Waals surface area contributed by atoms with E-state index in [2.05, 4.69) is 15.9 Å². The Balaban J connectivity index is 1.65. The lowest BCUT2D eigenvalue weighted by molar-refractivity contribution is -0.136. The third-order valence-corrected chi connectivity index (χ3v) is 4.53. The molecule has 3 aromatic rings. The molecule has 0 aliphatic rings. The van der Waals surface area contributed by atoms with Gasteiger partial charge in [0.25, 0.3) is 0 Å². The summed E-state index contributed by atoms with van der Waals surface area (Å²) in [6, 6.07) is 21.3. The molecule has 0 saturated heterocycles. The highest BCUT2D eigenvalue weighted by atomic mass is 79.9. The van der Waals surface area contributed by atoms with Gasteiger partial charge in [0, 0.05) is 11.1 Å².